The number of piperazine rings is 1. The van der Waals surface area contributed by atoms with Crippen LogP contribution in [0.5, 0.6) is 0 Å². The highest BCUT2D eigenvalue weighted by Gasteiger charge is 2.32. The number of anilines is 1. The second-order valence-corrected chi connectivity index (χ2v) is 5.64. The summed E-state index contributed by atoms with van der Waals surface area (Å²) in [5.74, 6) is 0.164. The lowest BCUT2D eigenvalue weighted by atomic mass is 10.1. The lowest BCUT2D eigenvalue weighted by Gasteiger charge is -2.35. The number of para-hydroxylation sites is 1. The van der Waals surface area contributed by atoms with E-state index in [1.54, 1.807) is 0 Å². The molecule has 4 nitrogen and oxygen atoms in total. The topological polar surface area (TPSA) is 35.6 Å². The van der Waals surface area contributed by atoms with Gasteiger partial charge in [-0.05, 0) is 31.9 Å². The van der Waals surface area contributed by atoms with Gasteiger partial charge in [-0.2, -0.15) is 0 Å². The summed E-state index contributed by atoms with van der Waals surface area (Å²) < 4.78 is 0. The molecule has 1 aliphatic carbocycles. The molecule has 1 aromatic carbocycles. The van der Waals surface area contributed by atoms with Crippen LogP contribution < -0.4 is 5.32 Å². The lowest BCUT2D eigenvalue weighted by Crippen LogP contribution is -2.49. The van der Waals surface area contributed by atoms with Crippen molar-refractivity contribution in [3.8, 4) is 0 Å². The molecule has 1 amide bonds. The normalized spacial score (nSPS) is 19.9. The molecule has 20 heavy (non-hydrogen) atoms. The summed E-state index contributed by atoms with van der Waals surface area (Å²) in [5, 5.41) is 3.28. The van der Waals surface area contributed by atoms with Gasteiger partial charge in [-0.1, -0.05) is 12.1 Å². The van der Waals surface area contributed by atoms with Gasteiger partial charge in [-0.25, -0.2) is 0 Å². The highest BCUT2D eigenvalue weighted by Crippen LogP contribution is 2.28. The SMILES string of the molecule is CCNc1ccccc1C(=O)N1CCN(C2CC2)CC1. The number of hydrogen-bond donors (Lipinski definition) is 1. The molecule has 1 saturated carbocycles. The number of nitrogens with one attached hydrogen (secondary N) is 1. The third kappa shape index (κ3) is 2.80. The van der Waals surface area contributed by atoms with E-state index in [0.717, 1.165) is 50.0 Å². The third-order valence-electron chi connectivity index (χ3n) is 4.19. The van der Waals surface area contributed by atoms with Gasteiger partial charge in [0.15, 0.2) is 0 Å². The fraction of sp³-hybridized carbons (Fsp3) is 0.562. The zero-order valence-electron chi connectivity index (χ0n) is 12.1. The van der Waals surface area contributed by atoms with Gasteiger partial charge in [0.05, 0.1) is 5.56 Å². The average molecular weight is 273 g/mol. The molecule has 4 heteroatoms. The third-order valence-corrected chi connectivity index (χ3v) is 4.19. The minimum Gasteiger partial charge on any atom is -0.385 e. The van der Waals surface area contributed by atoms with Crippen molar-refractivity contribution in [3.63, 3.8) is 0 Å². The van der Waals surface area contributed by atoms with Crippen LogP contribution in [0.1, 0.15) is 30.1 Å². The Kier molecular flexibility index (Phi) is 3.92. The maximum Gasteiger partial charge on any atom is 0.256 e. The summed E-state index contributed by atoms with van der Waals surface area (Å²) in [6.07, 6.45) is 2.69. The predicted molar refractivity (Wildman–Crippen MR) is 81.1 cm³/mol. The molecule has 1 heterocycles. The van der Waals surface area contributed by atoms with Crippen LogP contribution in [-0.2, 0) is 0 Å². The molecule has 2 aliphatic rings. The van der Waals surface area contributed by atoms with Crippen molar-refractivity contribution in [2.24, 2.45) is 0 Å². The Labute approximate surface area is 120 Å². The Balaban J connectivity index is 1.66. The Bertz CT molecular complexity index is 476. The fourth-order valence-corrected chi connectivity index (χ4v) is 2.91. The first-order valence-corrected chi connectivity index (χ1v) is 7.66. The van der Waals surface area contributed by atoms with Gasteiger partial charge >= 0.3 is 0 Å². The Hall–Kier alpha value is -1.55. The van der Waals surface area contributed by atoms with E-state index in [-0.39, 0.29) is 5.91 Å². The zero-order valence-corrected chi connectivity index (χ0v) is 12.1. The summed E-state index contributed by atoms with van der Waals surface area (Å²) >= 11 is 0. The fourth-order valence-electron chi connectivity index (χ4n) is 2.91. The van der Waals surface area contributed by atoms with Crippen molar-refractivity contribution in [2.45, 2.75) is 25.8 Å². The molecule has 0 unspecified atom stereocenters. The highest BCUT2D eigenvalue weighted by atomic mass is 16.2. The van der Waals surface area contributed by atoms with Crippen molar-refractivity contribution < 1.29 is 4.79 Å². The number of carbonyl (C=O) groups is 1. The molecule has 0 radical (unpaired) electrons. The monoisotopic (exact) mass is 273 g/mol. The smallest absolute Gasteiger partial charge is 0.256 e. The van der Waals surface area contributed by atoms with Crippen LogP contribution in [0.4, 0.5) is 5.69 Å². The van der Waals surface area contributed by atoms with E-state index in [1.165, 1.54) is 12.8 Å². The first-order chi connectivity index (χ1) is 9.79. The maximum absolute atomic E-state index is 12.7. The van der Waals surface area contributed by atoms with Crippen molar-refractivity contribution >= 4 is 11.6 Å². The molecule has 0 atom stereocenters. The highest BCUT2D eigenvalue weighted by molar-refractivity contribution is 5.99. The van der Waals surface area contributed by atoms with Gasteiger partial charge in [0.1, 0.15) is 0 Å². The largest absolute Gasteiger partial charge is 0.385 e. The summed E-state index contributed by atoms with van der Waals surface area (Å²) in [6, 6.07) is 8.63. The summed E-state index contributed by atoms with van der Waals surface area (Å²) in [6.45, 7) is 6.65. The maximum atomic E-state index is 12.7. The van der Waals surface area contributed by atoms with Crippen molar-refractivity contribution in [2.75, 3.05) is 38.0 Å². The lowest BCUT2D eigenvalue weighted by molar-refractivity contribution is 0.0628. The Morgan fingerprint density at radius 1 is 1.20 bits per heavy atom. The molecule has 1 aliphatic heterocycles. The van der Waals surface area contributed by atoms with Crippen LogP contribution in [0, 0.1) is 0 Å². The Morgan fingerprint density at radius 2 is 1.90 bits per heavy atom. The van der Waals surface area contributed by atoms with Crippen LogP contribution in [0.25, 0.3) is 0 Å². The van der Waals surface area contributed by atoms with Gasteiger partial charge in [0.25, 0.3) is 5.91 Å². The van der Waals surface area contributed by atoms with Crippen LogP contribution in [0.3, 0.4) is 0 Å². The molecule has 0 bridgehead atoms. The molecule has 1 aromatic rings. The minimum absolute atomic E-state index is 0.164. The molecule has 0 aromatic heterocycles. The number of rotatable bonds is 4. The molecule has 1 saturated heterocycles. The second-order valence-electron chi connectivity index (χ2n) is 5.64. The van der Waals surface area contributed by atoms with Crippen molar-refractivity contribution in [3.05, 3.63) is 29.8 Å². The van der Waals surface area contributed by atoms with Crippen molar-refractivity contribution in [1.29, 1.82) is 0 Å². The van der Waals surface area contributed by atoms with E-state index in [0.29, 0.717) is 0 Å². The molecular weight excluding hydrogens is 250 g/mol. The first kappa shape index (κ1) is 13.4. The van der Waals surface area contributed by atoms with Crippen molar-refractivity contribution in [1.82, 2.24) is 9.80 Å². The number of hydrogen-bond acceptors (Lipinski definition) is 3. The van der Waals surface area contributed by atoms with Crippen LogP contribution in [0.15, 0.2) is 24.3 Å². The van der Waals surface area contributed by atoms with E-state index in [4.69, 9.17) is 0 Å². The van der Waals surface area contributed by atoms with Gasteiger partial charge in [-0.15, -0.1) is 0 Å². The standard InChI is InChI=1S/C16H23N3O/c1-2-17-15-6-4-3-5-14(15)16(20)19-11-9-18(10-12-19)13-7-8-13/h3-6,13,17H,2,7-12H2,1H3. The number of nitrogens with zero attached hydrogens (tertiary/aromatic N) is 2. The van der Waals surface area contributed by atoms with E-state index >= 15 is 0 Å². The van der Waals surface area contributed by atoms with E-state index in [2.05, 4.69) is 17.1 Å². The van der Waals surface area contributed by atoms with Crippen LogP contribution >= 0.6 is 0 Å². The molecule has 0 spiro atoms. The zero-order chi connectivity index (χ0) is 13.9. The first-order valence-electron chi connectivity index (χ1n) is 7.66. The second kappa shape index (κ2) is 5.83. The molecule has 2 fully saturated rings. The number of amides is 1. The molecular formula is C16H23N3O. The molecule has 3 rings (SSSR count). The van der Waals surface area contributed by atoms with Gasteiger partial charge in [0.2, 0.25) is 0 Å². The van der Waals surface area contributed by atoms with Crippen LogP contribution in [0.2, 0.25) is 0 Å². The van der Waals surface area contributed by atoms with Crippen LogP contribution in [-0.4, -0.2) is 54.5 Å². The predicted octanol–water partition coefficient (Wildman–Crippen LogP) is 2.04. The Morgan fingerprint density at radius 3 is 2.55 bits per heavy atom. The molecule has 108 valence electrons. The minimum atomic E-state index is 0.164. The summed E-state index contributed by atoms with van der Waals surface area (Å²) in [7, 11) is 0. The average Bonchev–Trinajstić information content (AvgIpc) is 3.32. The van der Waals surface area contributed by atoms with Gasteiger partial charge in [0, 0.05) is 44.5 Å². The summed E-state index contributed by atoms with van der Waals surface area (Å²) in [5.41, 5.74) is 1.75. The summed E-state index contributed by atoms with van der Waals surface area (Å²) in [4.78, 5) is 17.2. The number of benzene rings is 1. The van der Waals surface area contributed by atoms with E-state index in [9.17, 15) is 4.79 Å². The van der Waals surface area contributed by atoms with E-state index in [1.807, 2.05) is 29.2 Å². The molecule has 1 N–H and O–H groups in total. The number of carbonyl (C=O) groups excluding carboxylic acids is 1. The van der Waals surface area contributed by atoms with E-state index < -0.39 is 0 Å². The van der Waals surface area contributed by atoms with Gasteiger partial charge in [-0.3, -0.25) is 9.69 Å². The van der Waals surface area contributed by atoms with Gasteiger partial charge < -0.3 is 10.2 Å². The quantitative estimate of drug-likeness (QED) is 0.912.